The van der Waals surface area contributed by atoms with Crippen molar-refractivity contribution in [1.29, 1.82) is 0 Å². The normalized spacial score (nSPS) is 14.6. The second kappa shape index (κ2) is 9.58. The van der Waals surface area contributed by atoms with Gasteiger partial charge < -0.3 is 14.5 Å². The van der Waals surface area contributed by atoms with Gasteiger partial charge in [-0.25, -0.2) is 4.79 Å². The molecule has 0 unspecified atom stereocenters. The maximum atomic E-state index is 13.0. The number of aromatic nitrogens is 2. The first-order chi connectivity index (χ1) is 15.0. The molecule has 0 spiro atoms. The van der Waals surface area contributed by atoms with Crippen molar-refractivity contribution in [1.82, 2.24) is 14.7 Å². The first kappa shape index (κ1) is 24.2. The summed E-state index contributed by atoms with van der Waals surface area (Å²) in [6.07, 6.45) is -4.69. The fourth-order valence-electron chi connectivity index (χ4n) is 3.38. The zero-order chi connectivity index (χ0) is 23.6. The van der Waals surface area contributed by atoms with Crippen LogP contribution in [-0.4, -0.2) is 59.3 Å². The zero-order valence-corrected chi connectivity index (χ0v) is 18.9. The lowest BCUT2D eigenvalue weighted by molar-refractivity contribution is -0.142. The van der Waals surface area contributed by atoms with Crippen LogP contribution >= 0.6 is 23.2 Å². The summed E-state index contributed by atoms with van der Waals surface area (Å²) in [5.74, 6) is -0.872. The van der Waals surface area contributed by atoms with Gasteiger partial charge in [0.15, 0.2) is 5.69 Å². The average Bonchev–Trinajstić information content (AvgIpc) is 3.03. The molecule has 0 bridgehead atoms. The number of anilines is 1. The quantitative estimate of drug-likeness (QED) is 0.589. The third-order valence-corrected chi connectivity index (χ3v) is 5.91. The Hall–Kier alpha value is -2.46. The minimum atomic E-state index is -4.69. The van der Waals surface area contributed by atoms with Crippen molar-refractivity contribution in [3.63, 3.8) is 0 Å². The predicted octanol–water partition coefficient (Wildman–Crippen LogP) is 4.04. The number of halogens is 5. The van der Waals surface area contributed by atoms with Crippen LogP contribution in [0.4, 0.5) is 18.9 Å². The molecular formula is C20H21Cl2F3N4O3. The van der Waals surface area contributed by atoms with Crippen LogP contribution in [0.25, 0.3) is 0 Å². The first-order valence-corrected chi connectivity index (χ1v) is 10.6. The van der Waals surface area contributed by atoms with E-state index in [4.69, 9.17) is 27.9 Å². The third kappa shape index (κ3) is 5.12. The van der Waals surface area contributed by atoms with E-state index in [0.717, 1.165) is 10.4 Å². The molecule has 1 amide bonds. The number of hydrogen-bond donors (Lipinski definition) is 0. The molecule has 1 aliphatic rings. The molecule has 0 radical (unpaired) electrons. The van der Waals surface area contributed by atoms with E-state index >= 15 is 0 Å². The van der Waals surface area contributed by atoms with Gasteiger partial charge in [-0.3, -0.25) is 9.48 Å². The van der Waals surface area contributed by atoms with Crippen LogP contribution in [0, 0.1) is 6.92 Å². The molecule has 7 nitrogen and oxygen atoms in total. The number of nitrogens with zero attached hydrogens (tertiary/aromatic N) is 4. The second-order valence-corrected chi connectivity index (χ2v) is 7.94. The maximum absolute atomic E-state index is 13.0. The summed E-state index contributed by atoms with van der Waals surface area (Å²) in [5, 5.41) is 3.25. The van der Waals surface area contributed by atoms with Gasteiger partial charge in [-0.1, -0.05) is 23.2 Å². The van der Waals surface area contributed by atoms with Crippen molar-refractivity contribution < 1.29 is 27.5 Å². The second-order valence-electron chi connectivity index (χ2n) is 7.16. The molecular weight excluding hydrogens is 472 g/mol. The number of benzene rings is 1. The predicted molar refractivity (Wildman–Crippen MR) is 113 cm³/mol. The molecule has 3 rings (SSSR count). The molecule has 0 saturated carbocycles. The lowest BCUT2D eigenvalue weighted by Crippen LogP contribution is -2.49. The van der Waals surface area contributed by atoms with Gasteiger partial charge in [-0.15, -0.1) is 0 Å². The van der Waals surface area contributed by atoms with Crippen LogP contribution < -0.4 is 4.90 Å². The van der Waals surface area contributed by atoms with Crippen LogP contribution in [0.1, 0.15) is 28.7 Å². The van der Waals surface area contributed by atoms with Gasteiger partial charge in [-0.2, -0.15) is 18.3 Å². The Morgan fingerprint density at radius 1 is 1.16 bits per heavy atom. The molecule has 1 saturated heterocycles. The topological polar surface area (TPSA) is 67.7 Å². The molecule has 2 heterocycles. The van der Waals surface area contributed by atoms with Crippen LogP contribution in [-0.2, 0) is 22.3 Å². The fraction of sp³-hybridized carbons (Fsp3) is 0.450. The lowest BCUT2D eigenvalue weighted by Gasteiger charge is -2.36. The fourth-order valence-corrected chi connectivity index (χ4v) is 3.81. The Bertz CT molecular complexity index is 1020. The Morgan fingerprint density at radius 2 is 1.81 bits per heavy atom. The number of rotatable bonds is 5. The number of carbonyl (C=O) groups is 2. The van der Waals surface area contributed by atoms with E-state index < -0.39 is 22.9 Å². The smallest absolute Gasteiger partial charge is 0.436 e. The SMILES string of the molecule is CCOC(=O)c1cc(N2CCN(C(=O)Cn3nc(C(F)(F)F)c(Cl)c3C)CC2)ccc1Cl. The molecule has 12 heteroatoms. The molecule has 1 aliphatic heterocycles. The summed E-state index contributed by atoms with van der Waals surface area (Å²) < 4.78 is 44.9. The summed E-state index contributed by atoms with van der Waals surface area (Å²) in [5.41, 5.74) is -0.0989. The number of esters is 1. The Balaban J connectivity index is 1.65. The van der Waals surface area contributed by atoms with Crippen molar-refractivity contribution in [3.8, 4) is 0 Å². The van der Waals surface area contributed by atoms with Gasteiger partial charge in [0.1, 0.15) is 6.54 Å². The van der Waals surface area contributed by atoms with Gasteiger partial charge in [-0.05, 0) is 32.0 Å². The molecule has 1 fully saturated rings. The van der Waals surface area contributed by atoms with Crippen LogP contribution in [0.2, 0.25) is 10.0 Å². The summed E-state index contributed by atoms with van der Waals surface area (Å²) in [7, 11) is 0. The van der Waals surface area contributed by atoms with Crippen molar-refractivity contribution in [2.45, 2.75) is 26.6 Å². The van der Waals surface area contributed by atoms with Gasteiger partial charge in [0.05, 0.1) is 27.9 Å². The van der Waals surface area contributed by atoms with Crippen molar-refractivity contribution in [3.05, 3.63) is 45.2 Å². The highest BCUT2D eigenvalue weighted by Gasteiger charge is 2.38. The van der Waals surface area contributed by atoms with E-state index in [9.17, 15) is 22.8 Å². The van der Waals surface area contributed by atoms with Crippen molar-refractivity contribution >= 4 is 40.8 Å². The maximum Gasteiger partial charge on any atom is 0.436 e. The number of amides is 1. The van der Waals surface area contributed by atoms with Crippen LogP contribution in [0.5, 0.6) is 0 Å². The minimum Gasteiger partial charge on any atom is -0.462 e. The highest BCUT2D eigenvalue weighted by atomic mass is 35.5. The lowest BCUT2D eigenvalue weighted by atomic mass is 10.1. The molecule has 174 valence electrons. The number of piperazine rings is 1. The van der Waals surface area contributed by atoms with Gasteiger partial charge >= 0.3 is 12.1 Å². The molecule has 1 aromatic carbocycles. The summed E-state index contributed by atoms with van der Waals surface area (Å²) in [4.78, 5) is 28.2. The first-order valence-electron chi connectivity index (χ1n) is 9.82. The highest BCUT2D eigenvalue weighted by molar-refractivity contribution is 6.33. The van der Waals surface area contributed by atoms with E-state index in [0.29, 0.717) is 26.2 Å². The van der Waals surface area contributed by atoms with Crippen molar-refractivity contribution in [2.24, 2.45) is 0 Å². The Morgan fingerprint density at radius 3 is 2.38 bits per heavy atom. The zero-order valence-electron chi connectivity index (χ0n) is 17.4. The molecule has 2 aromatic rings. The summed E-state index contributed by atoms with van der Waals surface area (Å²) >= 11 is 11.8. The van der Waals surface area contributed by atoms with E-state index in [-0.39, 0.29) is 35.3 Å². The number of ether oxygens (including phenoxy) is 1. The summed E-state index contributed by atoms with van der Waals surface area (Å²) in [6, 6.07) is 5.03. The molecule has 0 N–H and O–H groups in total. The van der Waals surface area contributed by atoms with Crippen LogP contribution in [0.3, 0.4) is 0 Å². The number of carbonyl (C=O) groups excluding carboxylic acids is 2. The Kier molecular flexibility index (Phi) is 7.24. The Labute approximate surface area is 192 Å². The number of hydrogen-bond acceptors (Lipinski definition) is 5. The molecule has 32 heavy (non-hydrogen) atoms. The van der Waals surface area contributed by atoms with Crippen LogP contribution in [0.15, 0.2) is 18.2 Å². The standard InChI is InChI=1S/C20H21Cl2F3N4O3/c1-3-32-19(31)14-10-13(4-5-15(14)21)27-6-8-28(9-7-27)16(30)11-29-12(2)17(22)18(26-29)20(23,24)25/h4-5,10H,3,6-9,11H2,1-2H3. The van der Waals surface area contributed by atoms with Crippen molar-refractivity contribution in [2.75, 3.05) is 37.7 Å². The molecule has 0 aliphatic carbocycles. The molecule has 0 atom stereocenters. The monoisotopic (exact) mass is 492 g/mol. The summed E-state index contributed by atoms with van der Waals surface area (Å²) in [6.45, 7) is 4.64. The minimum absolute atomic E-state index is 0.0821. The highest BCUT2D eigenvalue weighted by Crippen LogP contribution is 2.35. The largest absolute Gasteiger partial charge is 0.462 e. The molecule has 1 aromatic heterocycles. The van der Waals surface area contributed by atoms with E-state index in [1.54, 1.807) is 30.0 Å². The average molecular weight is 493 g/mol. The van der Waals surface area contributed by atoms with E-state index in [2.05, 4.69) is 5.10 Å². The van der Waals surface area contributed by atoms with Gasteiger partial charge in [0.25, 0.3) is 0 Å². The van der Waals surface area contributed by atoms with Gasteiger partial charge in [0, 0.05) is 31.9 Å². The van der Waals surface area contributed by atoms with Gasteiger partial charge in [0.2, 0.25) is 5.91 Å². The number of alkyl halides is 3. The van der Waals surface area contributed by atoms with E-state index in [1.807, 2.05) is 4.90 Å². The third-order valence-electron chi connectivity index (χ3n) is 5.13. The van der Waals surface area contributed by atoms with E-state index in [1.165, 1.54) is 6.92 Å².